The monoisotopic (exact) mass is 412 g/mol. The third kappa shape index (κ3) is 5.35. The van der Waals surface area contributed by atoms with E-state index in [-0.39, 0.29) is 11.1 Å². The number of methoxy groups -OCH3 is 1. The minimum absolute atomic E-state index is 0.0660. The van der Waals surface area contributed by atoms with Gasteiger partial charge in [-0.2, -0.15) is 10.4 Å². The Morgan fingerprint density at radius 2 is 1.97 bits per heavy atom. The van der Waals surface area contributed by atoms with Gasteiger partial charge in [0.2, 0.25) is 5.88 Å². The fourth-order valence-corrected chi connectivity index (χ4v) is 3.29. The second-order valence-corrected chi connectivity index (χ2v) is 7.88. The highest BCUT2D eigenvalue weighted by molar-refractivity contribution is 5.59. The third-order valence-corrected chi connectivity index (χ3v) is 5.05. The standard InChI is InChI=1S/C22H32N6O2/c1-7-8-11-27-21(29)18(14-23)17(5)20(22(27)30-6)25-24-19-13-16(4)28(26-19)12-9-10-15(2)3/h13,15H,7-12H2,1-6H3. The summed E-state index contributed by atoms with van der Waals surface area (Å²) in [5.74, 6) is 1.47. The van der Waals surface area contributed by atoms with E-state index in [1.54, 1.807) is 6.92 Å². The van der Waals surface area contributed by atoms with Gasteiger partial charge in [0.15, 0.2) is 11.5 Å². The number of ether oxygens (including phenoxy) is 1. The largest absolute Gasteiger partial charge is 0.481 e. The highest BCUT2D eigenvalue weighted by Crippen LogP contribution is 2.33. The van der Waals surface area contributed by atoms with Crippen molar-refractivity contribution in [1.29, 1.82) is 5.26 Å². The van der Waals surface area contributed by atoms with Crippen LogP contribution in [0.3, 0.4) is 0 Å². The van der Waals surface area contributed by atoms with Crippen LogP contribution in [0.25, 0.3) is 0 Å². The lowest BCUT2D eigenvalue weighted by molar-refractivity contribution is 0.362. The van der Waals surface area contributed by atoms with Crippen LogP contribution in [0.5, 0.6) is 5.88 Å². The van der Waals surface area contributed by atoms with Gasteiger partial charge in [-0.3, -0.25) is 14.0 Å². The van der Waals surface area contributed by atoms with Crippen molar-refractivity contribution in [2.24, 2.45) is 16.1 Å². The predicted molar refractivity (Wildman–Crippen MR) is 117 cm³/mol. The maximum absolute atomic E-state index is 12.7. The minimum Gasteiger partial charge on any atom is -0.481 e. The molecule has 0 aliphatic heterocycles. The second kappa shape index (κ2) is 10.7. The molecule has 0 aliphatic carbocycles. The lowest BCUT2D eigenvalue weighted by atomic mass is 10.1. The highest BCUT2D eigenvalue weighted by Gasteiger charge is 2.20. The van der Waals surface area contributed by atoms with Gasteiger partial charge >= 0.3 is 0 Å². The molecule has 2 heterocycles. The summed E-state index contributed by atoms with van der Waals surface area (Å²) in [5, 5.41) is 22.6. The molecule has 0 radical (unpaired) electrons. The summed E-state index contributed by atoms with van der Waals surface area (Å²) < 4.78 is 8.91. The van der Waals surface area contributed by atoms with E-state index in [9.17, 15) is 10.1 Å². The van der Waals surface area contributed by atoms with Crippen molar-refractivity contribution in [3.05, 3.63) is 33.2 Å². The van der Waals surface area contributed by atoms with Gasteiger partial charge in [-0.15, -0.1) is 10.2 Å². The van der Waals surface area contributed by atoms with Gasteiger partial charge in [0.1, 0.15) is 11.6 Å². The van der Waals surface area contributed by atoms with Crippen LogP contribution in [0.15, 0.2) is 21.1 Å². The molecular formula is C22H32N6O2. The molecule has 2 rings (SSSR count). The van der Waals surface area contributed by atoms with Crippen molar-refractivity contribution in [2.45, 2.75) is 73.4 Å². The van der Waals surface area contributed by atoms with E-state index in [4.69, 9.17) is 4.74 Å². The van der Waals surface area contributed by atoms with Crippen LogP contribution in [0.4, 0.5) is 11.5 Å². The van der Waals surface area contributed by atoms with Gasteiger partial charge in [-0.05, 0) is 39.0 Å². The fraction of sp³-hybridized carbons (Fsp3) is 0.591. The first-order valence-electron chi connectivity index (χ1n) is 10.5. The second-order valence-electron chi connectivity index (χ2n) is 7.88. The Kier molecular flexibility index (Phi) is 8.34. The number of aryl methyl sites for hydroxylation is 2. The first-order chi connectivity index (χ1) is 14.3. The number of aromatic nitrogens is 3. The van der Waals surface area contributed by atoms with E-state index in [1.165, 1.54) is 11.7 Å². The van der Waals surface area contributed by atoms with Crippen LogP contribution >= 0.6 is 0 Å². The Bertz CT molecular complexity index is 995. The molecule has 0 N–H and O–H groups in total. The van der Waals surface area contributed by atoms with Crippen LogP contribution < -0.4 is 10.3 Å². The van der Waals surface area contributed by atoms with Gasteiger partial charge in [0, 0.05) is 30.4 Å². The van der Waals surface area contributed by atoms with E-state index < -0.39 is 0 Å². The molecule has 162 valence electrons. The Morgan fingerprint density at radius 3 is 2.57 bits per heavy atom. The SMILES string of the molecule is CCCCn1c(OC)c(N=Nc2cc(C)n(CCCC(C)C)n2)c(C)c(C#N)c1=O. The molecule has 0 spiro atoms. The molecule has 0 bridgehead atoms. The Labute approximate surface area is 178 Å². The van der Waals surface area contributed by atoms with Crippen molar-refractivity contribution in [3.63, 3.8) is 0 Å². The molecule has 0 saturated carbocycles. The molecule has 0 fully saturated rings. The molecular weight excluding hydrogens is 380 g/mol. The van der Waals surface area contributed by atoms with Gasteiger partial charge in [0.05, 0.1) is 7.11 Å². The smallest absolute Gasteiger partial charge is 0.271 e. The molecule has 8 nitrogen and oxygen atoms in total. The zero-order valence-electron chi connectivity index (χ0n) is 18.9. The lowest BCUT2D eigenvalue weighted by Gasteiger charge is -2.15. The van der Waals surface area contributed by atoms with Crippen LogP contribution in [0, 0.1) is 31.1 Å². The number of unbranched alkanes of at least 4 members (excludes halogenated alkanes) is 1. The number of hydrogen-bond acceptors (Lipinski definition) is 6. The zero-order valence-corrected chi connectivity index (χ0v) is 18.9. The lowest BCUT2D eigenvalue weighted by Crippen LogP contribution is -2.25. The Balaban J connectivity index is 2.41. The quantitative estimate of drug-likeness (QED) is 0.501. The van der Waals surface area contributed by atoms with Crippen LogP contribution in [-0.4, -0.2) is 21.5 Å². The van der Waals surface area contributed by atoms with E-state index in [1.807, 2.05) is 30.7 Å². The summed E-state index contributed by atoms with van der Waals surface area (Å²) in [5.41, 5.74) is 1.57. The topological polar surface area (TPSA) is 97.6 Å². The van der Waals surface area contributed by atoms with Gasteiger partial charge < -0.3 is 4.74 Å². The summed E-state index contributed by atoms with van der Waals surface area (Å²) in [6.07, 6.45) is 3.90. The molecule has 0 saturated heterocycles. The molecule has 0 aliphatic rings. The highest BCUT2D eigenvalue weighted by atomic mass is 16.5. The maximum atomic E-state index is 12.7. The predicted octanol–water partition coefficient (Wildman–Crippen LogP) is 5.19. The van der Waals surface area contributed by atoms with Crippen molar-refractivity contribution in [1.82, 2.24) is 14.3 Å². The van der Waals surface area contributed by atoms with Crippen LogP contribution in [0.1, 0.15) is 63.3 Å². The number of azo groups is 1. The summed E-state index contributed by atoms with van der Waals surface area (Å²) in [6, 6.07) is 3.88. The average Bonchev–Trinajstić information content (AvgIpc) is 3.05. The summed E-state index contributed by atoms with van der Waals surface area (Å²) in [6.45, 7) is 11.4. The molecule has 0 unspecified atom stereocenters. The first-order valence-corrected chi connectivity index (χ1v) is 10.5. The molecule has 2 aromatic rings. The fourth-order valence-electron chi connectivity index (χ4n) is 3.29. The third-order valence-electron chi connectivity index (χ3n) is 5.05. The molecule has 8 heteroatoms. The first kappa shape index (κ1) is 23.3. The van der Waals surface area contributed by atoms with Gasteiger partial charge in [-0.1, -0.05) is 27.2 Å². The number of pyridine rings is 1. The van der Waals surface area contributed by atoms with Crippen molar-refractivity contribution in [2.75, 3.05) is 7.11 Å². The molecule has 0 amide bonds. The van der Waals surface area contributed by atoms with Crippen LogP contribution in [-0.2, 0) is 13.1 Å². The van der Waals surface area contributed by atoms with Crippen molar-refractivity contribution in [3.8, 4) is 11.9 Å². The maximum Gasteiger partial charge on any atom is 0.271 e. The van der Waals surface area contributed by atoms with E-state index in [2.05, 4.69) is 29.2 Å². The van der Waals surface area contributed by atoms with Crippen molar-refractivity contribution >= 4 is 11.5 Å². The molecule has 30 heavy (non-hydrogen) atoms. The van der Waals surface area contributed by atoms with Gasteiger partial charge in [-0.25, -0.2) is 0 Å². The normalized spacial score (nSPS) is 11.4. The van der Waals surface area contributed by atoms with E-state index >= 15 is 0 Å². The molecule has 2 aromatic heterocycles. The average molecular weight is 413 g/mol. The Hall–Kier alpha value is -2.95. The Morgan fingerprint density at radius 1 is 1.23 bits per heavy atom. The molecule has 0 aromatic carbocycles. The summed E-state index contributed by atoms with van der Waals surface area (Å²) in [7, 11) is 1.50. The van der Waals surface area contributed by atoms with E-state index in [0.29, 0.717) is 35.4 Å². The number of nitrogens with zero attached hydrogens (tertiary/aromatic N) is 6. The molecule has 0 atom stereocenters. The summed E-state index contributed by atoms with van der Waals surface area (Å²) in [4.78, 5) is 12.7. The summed E-state index contributed by atoms with van der Waals surface area (Å²) >= 11 is 0. The number of rotatable bonds is 10. The number of hydrogen-bond donors (Lipinski definition) is 0. The van der Waals surface area contributed by atoms with E-state index in [0.717, 1.165) is 37.9 Å². The zero-order chi connectivity index (χ0) is 22.3. The van der Waals surface area contributed by atoms with Gasteiger partial charge in [0.25, 0.3) is 5.56 Å². The van der Waals surface area contributed by atoms with Crippen LogP contribution in [0.2, 0.25) is 0 Å². The minimum atomic E-state index is -0.357. The van der Waals surface area contributed by atoms with Crippen molar-refractivity contribution < 1.29 is 4.74 Å². The number of nitriles is 1.